The highest BCUT2D eigenvalue weighted by atomic mass is 16.5. The van der Waals surface area contributed by atoms with E-state index in [9.17, 15) is 9.59 Å². The molecule has 0 aliphatic heterocycles. The summed E-state index contributed by atoms with van der Waals surface area (Å²) < 4.78 is 5.09. The number of ether oxygens (including phenoxy) is 1. The first-order valence-corrected chi connectivity index (χ1v) is 6.79. The molecule has 5 nitrogen and oxygen atoms in total. The molecule has 0 atom stereocenters. The Kier molecular flexibility index (Phi) is 4.61. The average Bonchev–Trinajstić information content (AvgIpc) is 2.34. The van der Waals surface area contributed by atoms with Gasteiger partial charge in [-0.05, 0) is 49.4 Å². The molecule has 20 heavy (non-hydrogen) atoms. The summed E-state index contributed by atoms with van der Waals surface area (Å²) in [5, 5.41) is 11.4. The highest BCUT2D eigenvalue weighted by Gasteiger charge is 2.20. The lowest BCUT2D eigenvalue weighted by molar-refractivity contribution is -0.139. The maximum absolute atomic E-state index is 11.8. The standard InChI is InChI=1S/C15H19NO4/c1-10-7-12(20-9-15(18)19)5-6-13(10)16-14(17)8-11-3-2-4-11/h5-7,11H,2-4,8-9H2,1H3,(H,16,17)(H,18,19). The summed E-state index contributed by atoms with van der Waals surface area (Å²) in [7, 11) is 0. The number of aryl methyl sites for hydroxylation is 1. The third-order valence-electron chi connectivity index (χ3n) is 3.53. The van der Waals surface area contributed by atoms with Crippen molar-refractivity contribution in [2.75, 3.05) is 11.9 Å². The second kappa shape index (κ2) is 6.41. The van der Waals surface area contributed by atoms with Crippen LogP contribution in [-0.4, -0.2) is 23.6 Å². The van der Waals surface area contributed by atoms with Gasteiger partial charge in [0.2, 0.25) is 5.91 Å². The molecule has 0 saturated heterocycles. The lowest BCUT2D eigenvalue weighted by Gasteiger charge is -2.24. The van der Waals surface area contributed by atoms with Crippen molar-refractivity contribution in [2.45, 2.75) is 32.6 Å². The Hall–Kier alpha value is -2.04. The molecule has 1 aliphatic carbocycles. The first-order chi connectivity index (χ1) is 9.54. The van der Waals surface area contributed by atoms with Crippen molar-refractivity contribution >= 4 is 17.6 Å². The molecule has 108 valence electrons. The number of nitrogens with one attached hydrogen (secondary N) is 1. The van der Waals surface area contributed by atoms with Gasteiger partial charge in [0.15, 0.2) is 6.61 Å². The first kappa shape index (κ1) is 14.4. The van der Waals surface area contributed by atoms with Crippen LogP contribution in [0, 0.1) is 12.8 Å². The topological polar surface area (TPSA) is 75.6 Å². The van der Waals surface area contributed by atoms with E-state index in [-0.39, 0.29) is 12.5 Å². The number of anilines is 1. The van der Waals surface area contributed by atoms with E-state index in [0.29, 0.717) is 18.1 Å². The van der Waals surface area contributed by atoms with Crippen LogP contribution in [0.25, 0.3) is 0 Å². The fraction of sp³-hybridized carbons (Fsp3) is 0.467. The molecular formula is C15H19NO4. The molecule has 2 N–H and O–H groups in total. The van der Waals surface area contributed by atoms with Crippen molar-refractivity contribution < 1.29 is 19.4 Å². The van der Waals surface area contributed by atoms with Crippen LogP contribution in [0.15, 0.2) is 18.2 Å². The molecule has 1 aromatic rings. The van der Waals surface area contributed by atoms with Gasteiger partial charge in [-0.15, -0.1) is 0 Å². The number of carboxylic acids is 1. The predicted molar refractivity (Wildman–Crippen MR) is 74.9 cm³/mol. The van der Waals surface area contributed by atoms with E-state index >= 15 is 0 Å². The minimum atomic E-state index is -1.01. The largest absolute Gasteiger partial charge is 0.482 e. The van der Waals surface area contributed by atoms with Crippen LogP contribution in [-0.2, 0) is 9.59 Å². The van der Waals surface area contributed by atoms with Gasteiger partial charge in [-0.3, -0.25) is 4.79 Å². The minimum absolute atomic E-state index is 0.0389. The maximum Gasteiger partial charge on any atom is 0.341 e. The Bertz CT molecular complexity index is 509. The van der Waals surface area contributed by atoms with Crippen LogP contribution in [0.4, 0.5) is 5.69 Å². The van der Waals surface area contributed by atoms with Crippen LogP contribution < -0.4 is 10.1 Å². The highest BCUT2D eigenvalue weighted by molar-refractivity contribution is 5.91. The summed E-state index contributed by atoms with van der Waals surface area (Å²) >= 11 is 0. The highest BCUT2D eigenvalue weighted by Crippen LogP contribution is 2.30. The van der Waals surface area contributed by atoms with Crippen molar-refractivity contribution in [1.29, 1.82) is 0 Å². The Morgan fingerprint density at radius 2 is 2.15 bits per heavy atom. The van der Waals surface area contributed by atoms with Crippen molar-refractivity contribution in [1.82, 2.24) is 0 Å². The number of carbonyl (C=O) groups is 2. The van der Waals surface area contributed by atoms with Gasteiger partial charge in [-0.25, -0.2) is 4.79 Å². The minimum Gasteiger partial charge on any atom is -0.482 e. The molecule has 2 rings (SSSR count). The van der Waals surface area contributed by atoms with Gasteiger partial charge in [0.25, 0.3) is 0 Å². The molecule has 1 amide bonds. The average molecular weight is 277 g/mol. The smallest absolute Gasteiger partial charge is 0.341 e. The monoisotopic (exact) mass is 277 g/mol. The summed E-state index contributed by atoms with van der Waals surface area (Å²) in [6.07, 6.45) is 4.10. The third kappa shape index (κ3) is 3.98. The number of carbonyl (C=O) groups excluding carboxylic acids is 1. The van der Waals surface area contributed by atoms with E-state index in [0.717, 1.165) is 24.1 Å². The Morgan fingerprint density at radius 3 is 2.70 bits per heavy atom. The molecule has 1 fully saturated rings. The number of carboxylic acid groups (broad SMARTS) is 1. The SMILES string of the molecule is Cc1cc(OCC(=O)O)ccc1NC(=O)CC1CCC1. The third-order valence-corrected chi connectivity index (χ3v) is 3.53. The molecule has 0 radical (unpaired) electrons. The van der Waals surface area contributed by atoms with Crippen molar-refractivity contribution in [3.63, 3.8) is 0 Å². The van der Waals surface area contributed by atoms with Gasteiger partial charge >= 0.3 is 5.97 Å². The Balaban J connectivity index is 1.91. The van der Waals surface area contributed by atoms with E-state index in [1.807, 2.05) is 6.92 Å². The molecule has 1 saturated carbocycles. The van der Waals surface area contributed by atoms with Gasteiger partial charge in [0, 0.05) is 12.1 Å². The van der Waals surface area contributed by atoms with Crippen molar-refractivity contribution in [3.8, 4) is 5.75 Å². The fourth-order valence-electron chi connectivity index (χ4n) is 2.17. The summed E-state index contributed by atoms with van der Waals surface area (Å²) in [6.45, 7) is 1.49. The zero-order chi connectivity index (χ0) is 14.5. The van der Waals surface area contributed by atoms with Crippen molar-refractivity contribution in [2.24, 2.45) is 5.92 Å². The van der Waals surface area contributed by atoms with Gasteiger partial charge in [0.05, 0.1) is 0 Å². The van der Waals surface area contributed by atoms with E-state index < -0.39 is 5.97 Å². The number of hydrogen-bond donors (Lipinski definition) is 2. The summed E-state index contributed by atoms with van der Waals surface area (Å²) in [4.78, 5) is 22.3. The van der Waals surface area contributed by atoms with Crippen LogP contribution >= 0.6 is 0 Å². The molecule has 5 heteroatoms. The molecule has 0 heterocycles. The number of aliphatic carboxylic acids is 1. The second-order valence-electron chi connectivity index (χ2n) is 5.21. The maximum atomic E-state index is 11.8. The van der Waals surface area contributed by atoms with Gasteiger partial charge < -0.3 is 15.2 Å². The van der Waals surface area contributed by atoms with E-state index in [1.165, 1.54) is 6.42 Å². The normalized spacial score (nSPS) is 14.4. The number of hydrogen-bond acceptors (Lipinski definition) is 3. The van der Waals surface area contributed by atoms with Crippen LogP contribution in [0.1, 0.15) is 31.2 Å². The van der Waals surface area contributed by atoms with Crippen molar-refractivity contribution in [3.05, 3.63) is 23.8 Å². The fourth-order valence-corrected chi connectivity index (χ4v) is 2.17. The summed E-state index contributed by atoms with van der Waals surface area (Å²) in [5.41, 5.74) is 1.60. The number of benzene rings is 1. The Labute approximate surface area is 117 Å². The first-order valence-electron chi connectivity index (χ1n) is 6.79. The van der Waals surface area contributed by atoms with Gasteiger partial charge in [0.1, 0.15) is 5.75 Å². The molecule has 1 aliphatic rings. The van der Waals surface area contributed by atoms with Crippen LogP contribution in [0.3, 0.4) is 0 Å². The molecule has 0 aromatic heterocycles. The van der Waals surface area contributed by atoms with Crippen LogP contribution in [0.2, 0.25) is 0 Å². The Morgan fingerprint density at radius 1 is 1.40 bits per heavy atom. The molecule has 0 unspecified atom stereocenters. The second-order valence-corrected chi connectivity index (χ2v) is 5.21. The van der Waals surface area contributed by atoms with Gasteiger partial charge in [-0.2, -0.15) is 0 Å². The predicted octanol–water partition coefficient (Wildman–Crippen LogP) is 2.59. The lowest BCUT2D eigenvalue weighted by atomic mass is 9.83. The summed E-state index contributed by atoms with van der Waals surface area (Å²) in [6, 6.07) is 5.13. The van der Waals surface area contributed by atoms with E-state index in [4.69, 9.17) is 9.84 Å². The molecule has 0 spiro atoms. The molecule has 1 aromatic carbocycles. The number of rotatable bonds is 6. The van der Waals surface area contributed by atoms with E-state index in [2.05, 4.69) is 5.32 Å². The van der Waals surface area contributed by atoms with E-state index in [1.54, 1.807) is 18.2 Å². The van der Waals surface area contributed by atoms with Crippen LogP contribution in [0.5, 0.6) is 5.75 Å². The summed E-state index contributed by atoms with van der Waals surface area (Å²) in [5.74, 6) is 0.0490. The zero-order valence-corrected chi connectivity index (χ0v) is 11.5. The number of amides is 1. The molecule has 0 bridgehead atoms. The zero-order valence-electron chi connectivity index (χ0n) is 11.5. The quantitative estimate of drug-likeness (QED) is 0.838. The van der Waals surface area contributed by atoms with Gasteiger partial charge in [-0.1, -0.05) is 6.42 Å². The lowest BCUT2D eigenvalue weighted by Crippen LogP contribution is -2.21. The molecular weight excluding hydrogens is 258 g/mol.